The van der Waals surface area contributed by atoms with Gasteiger partial charge in [0.2, 0.25) is 17.7 Å². The first kappa shape index (κ1) is 15.4. The molecule has 0 atom stereocenters. The van der Waals surface area contributed by atoms with E-state index in [4.69, 9.17) is 0 Å². The molecule has 0 saturated heterocycles. The summed E-state index contributed by atoms with van der Waals surface area (Å²) in [6.45, 7) is 6.04. The molecule has 0 aromatic carbocycles. The van der Waals surface area contributed by atoms with Gasteiger partial charge < -0.3 is 15.1 Å². The number of carbonyl (C=O) groups is 3. The van der Waals surface area contributed by atoms with Gasteiger partial charge in [0.15, 0.2) is 0 Å². The van der Waals surface area contributed by atoms with Crippen LogP contribution in [0, 0.1) is 0 Å². The molecule has 0 aliphatic carbocycles. The minimum atomic E-state index is -0.226. The highest BCUT2D eigenvalue weighted by atomic mass is 16.2. The maximum atomic E-state index is 11.8. The van der Waals surface area contributed by atoms with Crippen LogP contribution in [-0.4, -0.2) is 60.7 Å². The van der Waals surface area contributed by atoms with Gasteiger partial charge in [-0.25, -0.2) is 0 Å². The third-order valence-electron chi connectivity index (χ3n) is 2.35. The Morgan fingerprint density at radius 2 is 1.71 bits per heavy atom. The third kappa shape index (κ3) is 5.89. The number of amides is 3. The normalized spacial score (nSPS) is 9.65. The quantitative estimate of drug-likeness (QED) is 0.680. The van der Waals surface area contributed by atoms with Crippen molar-refractivity contribution in [2.24, 2.45) is 0 Å². The number of nitrogens with one attached hydrogen (secondary N) is 1. The van der Waals surface area contributed by atoms with E-state index < -0.39 is 0 Å². The Kier molecular flexibility index (Phi) is 6.93. The van der Waals surface area contributed by atoms with E-state index in [9.17, 15) is 14.4 Å². The van der Waals surface area contributed by atoms with Crippen molar-refractivity contribution in [2.75, 3.05) is 33.2 Å². The van der Waals surface area contributed by atoms with Gasteiger partial charge >= 0.3 is 0 Å². The third-order valence-corrected chi connectivity index (χ3v) is 2.35. The Morgan fingerprint density at radius 3 is 2.12 bits per heavy atom. The second-order valence-corrected chi connectivity index (χ2v) is 3.74. The van der Waals surface area contributed by atoms with E-state index in [-0.39, 0.29) is 30.8 Å². The summed E-state index contributed by atoms with van der Waals surface area (Å²) in [7, 11) is 1.56. The van der Waals surface area contributed by atoms with Gasteiger partial charge in [-0.1, -0.05) is 0 Å². The standard InChI is InChI=1S/C11H21N3O3/c1-5-12-10(16)7-14(6-2)11(17)8-13(4)9(3)15/h5-8H2,1-4H3,(H,12,16). The molecule has 3 amide bonds. The second-order valence-electron chi connectivity index (χ2n) is 3.74. The number of rotatable bonds is 6. The van der Waals surface area contributed by atoms with Crippen LogP contribution in [0.15, 0.2) is 0 Å². The molecular formula is C11H21N3O3. The van der Waals surface area contributed by atoms with Crippen LogP contribution in [0.1, 0.15) is 20.8 Å². The first-order valence-corrected chi connectivity index (χ1v) is 5.68. The number of likely N-dealkylation sites (N-methyl/N-ethyl adjacent to an activating group) is 3. The van der Waals surface area contributed by atoms with Crippen molar-refractivity contribution in [3.63, 3.8) is 0 Å². The fourth-order valence-corrected chi connectivity index (χ4v) is 1.22. The average molecular weight is 243 g/mol. The SMILES string of the molecule is CCNC(=O)CN(CC)C(=O)CN(C)C(C)=O. The molecule has 0 radical (unpaired) electrons. The van der Waals surface area contributed by atoms with Crippen molar-refractivity contribution < 1.29 is 14.4 Å². The number of hydrogen-bond donors (Lipinski definition) is 1. The highest BCUT2D eigenvalue weighted by molar-refractivity contribution is 5.87. The maximum absolute atomic E-state index is 11.8. The molecule has 6 heteroatoms. The minimum Gasteiger partial charge on any atom is -0.355 e. The van der Waals surface area contributed by atoms with E-state index in [1.807, 2.05) is 6.92 Å². The molecule has 0 fully saturated rings. The molecule has 0 unspecified atom stereocenters. The summed E-state index contributed by atoms with van der Waals surface area (Å²) in [5, 5.41) is 2.63. The summed E-state index contributed by atoms with van der Waals surface area (Å²) in [5.74, 6) is -0.586. The van der Waals surface area contributed by atoms with Crippen LogP contribution in [0.25, 0.3) is 0 Å². The summed E-state index contributed by atoms with van der Waals surface area (Å²) >= 11 is 0. The average Bonchev–Trinajstić information content (AvgIpc) is 2.25. The van der Waals surface area contributed by atoms with Crippen molar-refractivity contribution in [3.05, 3.63) is 0 Å². The number of nitrogens with zero attached hydrogens (tertiary/aromatic N) is 2. The molecular weight excluding hydrogens is 222 g/mol. The maximum Gasteiger partial charge on any atom is 0.242 e. The predicted octanol–water partition coefficient (Wildman–Crippen LogP) is -0.551. The van der Waals surface area contributed by atoms with Gasteiger partial charge in [-0.15, -0.1) is 0 Å². The Labute approximate surface area is 102 Å². The topological polar surface area (TPSA) is 69.7 Å². The molecule has 0 heterocycles. The zero-order chi connectivity index (χ0) is 13.4. The van der Waals surface area contributed by atoms with Crippen LogP contribution in [0.5, 0.6) is 0 Å². The van der Waals surface area contributed by atoms with Crippen molar-refractivity contribution in [2.45, 2.75) is 20.8 Å². The molecule has 98 valence electrons. The molecule has 0 bridgehead atoms. The lowest BCUT2D eigenvalue weighted by Crippen LogP contribution is -2.45. The first-order chi connectivity index (χ1) is 7.92. The van der Waals surface area contributed by atoms with Crippen LogP contribution < -0.4 is 5.32 Å². The molecule has 0 aliphatic heterocycles. The van der Waals surface area contributed by atoms with Crippen molar-refractivity contribution in [1.82, 2.24) is 15.1 Å². The summed E-state index contributed by atoms with van der Waals surface area (Å²) in [4.78, 5) is 36.9. The van der Waals surface area contributed by atoms with E-state index in [1.54, 1.807) is 14.0 Å². The predicted molar refractivity (Wildman–Crippen MR) is 64.2 cm³/mol. The molecule has 0 aromatic rings. The van der Waals surface area contributed by atoms with Crippen LogP contribution in [0.3, 0.4) is 0 Å². The van der Waals surface area contributed by atoms with Crippen molar-refractivity contribution >= 4 is 17.7 Å². The first-order valence-electron chi connectivity index (χ1n) is 5.68. The Bertz CT molecular complexity index is 292. The molecule has 0 aliphatic rings. The van der Waals surface area contributed by atoms with E-state index in [2.05, 4.69) is 5.32 Å². The molecule has 17 heavy (non-hydrogen) atoms. The molecule has 0 rings (SSSR count). The van der Waals surface area contributed by atoms with Gasteiger partial charge in [-0.05, 0) is 13.8 Å². The summed E-state index contributed by atoms with van der Waals surface area (Å²) in [6, 6.07) is 0. The smallest absolute Gasteiger partial charge is 0.242 e. The molecule has 1 N–H and O–H groups in total. The molecule has 0 spiro atoms. The van der Waals surface area contributed by atoms with Crippen LogP contribution in [0.4, 0.5) is 0 Å². The molecule has 0 saturated carbocycles. The second kappa shape index (κ2) is 7.65. The minimum absolute atomic E-state index is 0.00256. The van der Waals surface area contributed by atoms with Crippen molar-refractivity contribution in [3.8, 4) is 0 Å². The highest BCUT2D eigenvalue weighted by Gasteiger charge is 2.17. The Morgan fingerprint density at radius 1 is 1.12 bits per heavy atom. The monoisotopic (exact) mass is 243 g/mol. The van der Waals surface area contributed by atoms with Gasteiger partial charge in [0, 0.05) is 27.1 Å². The summed E-state index contributed by atoms with van der Waals surface area (Å²) < 4.78 is 0. The molecule has 6 nitrogen and oxygen atoms in total. The van der Waals surface area contributed by atoms with Crippen LogP contribution >= 0.6 is 0 Å². The van der Waals surface area contributed by atoms with E-state index in [0.717, 1.165) is 0 Å². The fraction of sp³-hybridized carbons (Fsp3) is 0.727. The lowest BCUT2D eigenvalue weighted by Gasteiger charge is -2.23. The van der Waals surface area contributed by atoms with Crippen LogP contribution in [0.2, 0.25) is 0 Å². The summed E-state index contributed by atoms with van der Waals surface area (Å²) in [6.07, 6.45) is 0. The lowest BCUT2D eigenvalue weighted by molar-refractivity contribution is -0.140. The van der Waals surface area contributed by atoms with Crippen LogP contribution in [-0.2, 0) is 14.4 Å². The number of hydrogen-bond acceptors (Lipinski definition) is 3. The largest absolute Gasteiger partial charge is 0.355 e. The Hall–Kier alpha value is -1.59. The van der Waals surface area contributed by atoms with Gasteiger partial charge in [0.25, 0.3) is 0 Å². The molecule has 0 aromatic heterocycles. The highest BCUT2D eigenvalue weighted by Crippen LogP contribution is 1.93. The lowest BCUT2D eigenvalue weighted by atomic mass is 10.4. The Balaban J connectivity index is 4.30. The van der Waals surface area contributed by atoms with Gasteiger partial charge in [-0.3, -0.25) is 14.4 Å². The van der Waals surface area contributed by atoms with Gasteiger partial charge in [-0.2, -0.15) is 0 Å². The van der Waals surface area contributed by atoms with Gasteiger partial charge in [0.1, 0.15) is 0 Å². The van der Waals surface area contributed by atoms with Gasteiger partial charge in [0.05, 0.1) is 13.1 Å². The zero-order valence-electron chi connectivity index (χ0n) is 10.9. The van der Waals surface area contributed by atoms with Crippen molar-refractivity contribution in [1.29, 1.82) is 0 Å². The van der Waals surface area contributed by atoms with E-state index in [1.165, 1.54) is 16.7 Å². The van der Waals surface area contributed by atoms with E-state index in [0.29, 0.717) is 13.1 Å². The number of carbonyl (C=O) groups excluding carboxylic acids is 3. The summed E-state index contributed by atoms with van der Waals surface area (Å²) in [5.41, 5.74) is 0. The zero-order valence-corrected chi connectivity index (χ0v) is 10.9. The fourth-order valence-electron chi connectivity index (χ4n) is 1.22. The van der Waals surface area contributed by atoms with E-state index >= 15 is 0 Å².